The Hall–Kier alpha value is -1.83. The fourth-order valence-corrected chi connectivity index (χ4v) is 4.08. The molecule has 1 saturated heterocycles. The van der Waals surface area contributed by atoms with Gasteiger partial charge >= 0.3 is 17.7 Å². The lowest BCUT2D eigenvalue weighted by molar-refractivity contribution is -0.741. The highest BCUT2D eigenvalue weighted by Crippen LogP contribution is 2.38. The molecule has 0 amide bonds. The molecule has 1 aliphatic carbocycles. The Bertz CT molecular complexity index is 589. The number of cyclic esters (lactones) is 1. The van der Waals surface area contributed by atoms with E-state index in [0.29, 0.717) is 17.8 Å². The average Bonchev–Trinajstić information content (AvgIpc) is 2.95. The molecule has 0 aromatic heterocycles. The monoisotopic (exact) mass is 399 g/mol. The van der Waals surface area contributed by atoms with Gasteiger partial charge in [0.1, 0.15) is 5.92 Å². The molecular weight excluding hydrogens is 366 g/mol. The molecule has 8 heteroatoms. The summed E-state index contributed by atoms with van der Waals surface area (Å²) in [6.07, 6.45) is 1.80. The van der Waals surface area contributed by atoms with Crippen LogP contribution in [-0.4, -0.2) is 48.2 Å². The number of carbonyl (C=O) groups excluding carboxylic acids is 2. The summed E-state index contributed by atoms with van der Waals surface area (Å²) in [6.45, 7) is 9.94. The van der Waals surface area contributed by atoms with Crippen molar-refractivity contribution in [2.45, 2.75) is 72.7 Å². The molecule has 28 heavy (non-hydrogen) atoms. The number of hydrogen-bond donors (Lipinski definition) is 0. The quantitative estimate of drug-likeness (QED) is 0.268. The summed E-state index contributed by atoms with van der Waals surface area (Å²) in [7, 11) is 0. The Morgan fingerprint density at radius 1 is 1.29 bits per heavy atom. The number of ether oxygens (including phenoxy) is 3. The maximum absolute atomic E-state index is 12.4. The number of esters is 2. The minimum absolute atomic E-state index is 0.0784. The van der Waals surface area contributed by atoms with Crippen molar-refractivity contribution < 1.29 is 33.5 Å². The first kappa shape index (κ1) is 22.5. The molecule has 160 valence electrons. The van der Waals surface area contributed by atoms with Crippen LogP contribution in [0.5, 0.6) is 0 Å². The van der Waals surface area contributed by atoms with Crippen molar-refractivity contribution in [1.82, 2.24) is 0 Å². The molecule has 8 nitrogen and oxygen atoms in total. The van der Waals surface area contributed by atoms with E-state index in [2.05, 4.69) is 20.8 Å². The molecule has 0 unspecified atom stereocenters. The van der Waals surface area contributed by atoms with Crippen molar-refractivity contribution in [3.63, 3.8) is 0 Å². The van der Waals surface area contributed by atoms with Gasteiger partial charge in [-0.1, -0.05) is 34.1 Å². The van der Waals surface area contributed by atoms with Crippen molar-refractivity contribution in [1.29, 1.82) is 0 Å². The van der Waals surface area contributed by atoms with Gasteiger partial charge in [-0.3, -0.25) is 10.0 Å². The average molecular weight is 399 g/mol. The topological polar surface area (TPSA) is 97.1 Å². The minimum Gasteiger partial charge on any atom is -0.458 e. The summed E-state index contributed by atoms with van der Waals surface area (Å²) < 4.78 is 16.6. The summed E-state index contributed by atoms with van der Waals surface area (Å²) in [5.41, 5.74) is -0.287. The normalized spacial score (nSPS) is 31.4. The first-order valence-electron chi connectivity index (χ1n) is 10.3. The second-order valence-corrected chi connectivity index (χ2v) is 7.95. The molecule has 0 bridgehead atoms. The standard InChI is InChI=1S/C20H33NO7/c1-6-25-19(23)18(21(24)26-7-2)15-11-17(22)28-20(15)27-16-10-13(5)8-9-14(16)12(3)4/h12-16,20H,6-11H2,1-5H3/b21-18-/t13-,14+,15+,16-,20-/m1/s1. The number of hydrogen-bond acceptors (Lipinski definition) is 7. The number of carbonyl (C=O) groups is 2. The Kier molecular flexibility index (Phi) is 8.10. The van der Waals surface area contributed by atoms with Crippen LogP contribution in [0.2, 0.25) is 0 Å². The number of rotatable bonds is 8. The van der Waals surface area contributed by atoms with Gasteiger partial charge in [0, 0.05) is 4.90 Å². The van der Waals surface area contributed by atoms with Gasteiger partial charge in [-0.25, -0.2) is 4.79 Å². The molecule has 1 heterocycles. The lowest BCUT2D eigenvalue weighted by atomic mass is 9.75. The molecule has 0 aromatic rings. The van der Waals surface area contributed by atoms with Gasteiger partial charge in [0.25, 0.3) is 0 Å². The summed E-state index contributed by atoms with van der Waals surface area (Å²) in [4.78, 5) is 29.5. The summed E-state index contributed by atoms with van der Waals surface area (Å²) in [5.74, 6) is -0.936. The first-order valence-corrected chi connectivity index (χ1v) is 10.3. The van der Waals surface area contributed by atoms with E-state index in [1.54, 1.807) is 13.8 Å². The van der Waals surface area contributed by atoms with Crippen molar-refractivity contribution >= 4 is 17.7 Å². The zero-order valence-corrected chi connectivity index (χ0v) is 17.5. The largest absolute Gasteiger partial charge is 0.458 e. The molecule has 1 saturated carbocycles. The Labute approximate surface area is 166 Å². The van der Waals surface area contributed by atoms with Crippen LogP contribution in [0.25, 0.3) is 0 Å². The maximum atomic E-state index is 12.4. The highest BCUT2D eigenvalue weighted by atomic mass is 16.9. The van der Waals surface area contributed by atoms with E-state index in [4.69, 9.17) is 19.0 Å². The smallest absolute Gasteiger partial charge is 0.405 e. The predicted octanol–water partition coefficient (Wildman–Crippen LogP) is 2.82. The molecule has 0 spiro atoms. The zero-order chi connectivity index (χ0) is 20.8. The van der Waals surface area contributed by atoms with Crippen LogP contribution in [0, 0.1) is 28.9 Å². The van der Waals surface area contributed by atoms with Gasteiger partial charge in [-0.05, 0) is 37.5 Å². The molecule has 0 N–H and O–H groups in total. The van der Waals surface area contributed by atoms with Crippen LogP contribution >= 0.6 is 0 Å². The molecule has 2 rings (SSSR count). The van der Waals surface area contributed by atoms with Crippen molar-refractivity contribution in [2.24, 2.45) is 23.7 Å². The lowest BCUT2D eigenvalue weighted by Gasteiger charge is -2.38. The van der Waals surface area contributed by atoms with E-state index in [9.17, 15) is 14.8 Å². The maximum Gasteiger partial charge on any atom is 0.405 e. The van der Waals surface area contributed by atoms with Gasteiger partial charge in [-0.15, -0.1) is 0 Å². The highest BCUT2D eigenvalue weighted by molar-refractivity contribution is 6.35. The lowest BCUT2D eigenvalue weighted by Crippen LogP contribution is -2.43. The van der Waals surface area contributed by atoms with E-state index < -0.39 is 24.1 Å². The van der Waals surface area contributed by atoms with Crippen LogP contribution in [0.4, 0.5) is 0 Å². The molecular formula is C20H33NO7. The zero-order valence-electron chi connectivity index (χ0n) is 17.5. The van der Waals surface area contributed by atoms with Gasteiger partial charge in [0.2, 0.25) is 6.29 Å². The minimum atomic E-state index is -1.000. The van der Waals surface area contributed by atoms with Gasteiger partial charge in [-0.2, -0.15) is 0 Å². The Morgan fingerprint density at radius 2 is 2.00 bits per heavy atom. The van der Waals surface area contributed by atoms with Crippen molar-refractivity contribution in [2.75, 3.05) is 13.2 Å². The fourth-order valence-electron chi connectivity index (χ4n) is 4.08. The van der Waals surface area contributed by atoms with Crippen LogP contribution in [-0.2, 0) is 28.6 Å². The first-order chi connectivity index (χ1) is 13.3. The van der Waals surface area contributed by atoms with E-state index in [0.717, 1.165) is 19.3 Å². The van der Waals surface area contributed by atoms with Gasteiger partial charge in [0.15, 0.2) is 0 Å². The van der Waals surface area contributed by atoms with Crippen LogP contribution in [0.1, 0.15) is 60.3 Å². The Morgan fingerprint density at radius 3 is 2.61 bits per heavy atom. The van der Waals surface area contributed by atoms with Crippen LogP contribution in [0.15, 0.2) is 0 Å². The van der Waals surface area contributed by atoms with Gasteiger partial charge in [0.05, 0.1) is 25.7 Å². The summed E-state index contributed by atoms with van der Waals surface area (Å²) in [5, 5.41) is 12.3. The van der Waals surface area contributed by atoms with Crippen molar-refractivity contribution in [3.8, 4) is 0 Å². The molecule has 2 aliphatic rings. The second-order valence-electron chi connectivity index (χ2n) is 7.95. The van der Waals surface area contributed by atoms with Crippen molar-refractivity contribution in [3.05, 3.63) is 5.21 Å². The van der Waals surface area contributed by atoms with E-state index in [1.807, 2.05) is 0 Å². The van der Waals surface area contributed by atoms with Gasteiger partial charge < -0.3 is 19.0 Å². The molecule has 1 aliphatic heterocycles. The molecule has 0 radical (unpaired) electrons. The Balaban J connectivity index is 2.27. The summed E-state index contributed by atoms with van der Waals surface area (Å²) >= 11 is 0. The SMILES string of the molecule is CCOC(=O)/C([C@@H]1CC(=O)O[C@H]1O[C@@H]1C[C@H](C)CC[C@H]1C(C)C)=[N+](/[O-])OCC. The van der Waals surface area contributed by atoms with E-state index in [-0.39, 0.29) is 36.4 Å². The third-order valence-electron chi connectivity index (χ3n) is 5.51. The molecule has 0 aromatic carbocycles. The van der Waals surface area contributed by atoms with Crippen LogP contribution < -0.4 is 0 Å². The van der Waals surface area contributed by atoms with E-state index >= 15 is 0 Å². The second kappa shape index (κ2) is 10.1. The molecule has 2 fully saturated rings. The number of nitrogens with zero attached hydrogens (tertiary/aromatic N) is 1. The highest BCUT2D eigenvalue weighted by Gasteiger charge is 2.50. The third kappa shape index (κ3) is 5.37. The predicted molar refractivity (Wildman–Crippen MR) is 101 cm³/mol. The summed E-state index contributed by atoms with van der Waals surface area (Å²) in [6, 6.07) is 0. The fraction of sp³-hybridized carbons (Fsp3) is 0.850. The third-order valence-corrected chi connectivity index (χ3v) is 5.51. The molecule has 5 atom stereocenters. The van der Waals surface area contributed by atoms with Crippen LogP contribution in [0.3, 0.4) is 0 Å². The van der Waals surface area contributed by atoms with E-state index in [1.165, 1.54) is 0 Å².